The predicted octanol–water partition coefficient (Wildman–Crippen LogP) is 3.08. The zero-order valence-electron chi connectivity index (χ0n) is 9.02. The van der Waals surface area contributed by atoms with Crippen LogP contribution in [0, 0.1) is 11.8 Å². The molecule has 1 nitrogen and oxygen atoms in total. The van der Waals surface area contributed by atoms with E-state index in [1.807, 2.05) is 0 Å². The molecule has 0 unspecified atom stereocenters. The van der Waals surface area contributed by atoms with Crippen molar-refractivity contribution in [1.29, 1.82) is 0 Å². The van der Waals surface area contributed by atoms with Crippen LogP contribution < -0.4 is 0 Å². The molecule has 0 heterocycles. The highest BCUT2D eigenvalue weighted by molar-refractivity contribution is 5.27. The molecule has 15 heavy (non-hydrogen) atoms. The number of hydrogen-bond donors (Lipinski definition) is 1. The lowest BCUT2D eigenvalue weighted by Crippen LogP contribution is -2.08. The van der Waals surface area contributed by atoms with Crippen molar-refractivity contribution in [3.63, 3.8) is 0 Å². The van der Waals surface area contributed by atoms with Crippen molar-refractivity contribution < 1.29 is 5.11 Å². The molecule has 3 atom stereocenters. The van der Waals surface area contributed by atoms with Gasteiger partial charge in [0, 0.05) is 0 Å². The molecule has 1 aromatic rings. The van der Waals surface area contributed by atoms with Gasteiger partial charge in [-0.25, -0.2) is 0 Å². The monoisotopic (exact) mass is 202 g/mol. The predicted molar refractivity (Wildman–Crippen MR) is 60.6 cm³/mol. The molecule has 0 spiro atoms. The highest BCUT2D eigenvalue weighted by Crippen LogP contribution is 2.52. The Bertz CT molecular complexity index is 341. The minimum absolute atomic E-state index is 0.164. The maximum absolute atomic E-state index is 9.00. The van der Waals surface area contributed by atoms with Crippen LogP contribution in [-0.2, 0) is 6.61 Å². The quantitative estimate of drug-likeness (QED) is 0.781. The number of aliphatic hydroxyl groups excluding tert-OH is 1. The van der Waals surface area contributed by atoms with Crippen LogP contribution >= 0.6 is 0 Å². The lowest BCUT2D eigenvalue weighted by Gasteiger charge is -2.22. The minimum atomic E-state index is 0.164. The second-order valence-corrected chi connectivity index (χ2v) is 5.18. The fraction of sp³-hybridized carbons (Fsp3) is 0.571. The van der Waals surface area contributed by atoms with Crippen molar-refractivity contribution in [2.75, 3.05) is 0 Å². The number of hydrogen-bond acceptors (Lipinski definition) is 1. The highest BCUT2D eigenvalue weighted by Gasteiger charge is 2.39. The van der Waals surface area contributed by atoms with Gasteiger partial charge in [-0.3, -0.25) is 0 Å². The average Bonchev–Trinajstić information content (AvgIpc) is 2.91. The molecule has 0 aliphatic heterocycles. The number of aliphatic hydroxyl groups is 1. The molecule has 2 bridgehead atoms. The molecule has 2 saturated carbocycles. The second kappa shape index (κ2) is 3.64. The van der Waals surface area contributed by atoms with Crippen LogP contribution in [0.4, 0.5) is 0 Å². The topological polar surface area (TPSA) is 20.2 Å². The molecule has 80 valence electrons. The van der Waals surface area contributed by atoms with E-state index in [9.17, 15) is 0 Å². The Kier molecular flexibility index (Phi) is 2.28. The van der Waals surface area contributed by atoms with E-state index in [2.05, 4.69) is 24.3 Å². The van der Waals surface area contributed by atoms with E-state index in [-0.39, 0.29) is 6.61 Å². The molecule has 2 aliphatic rings. The molecule has 1 heteroatoms. The summed E-state index contributed by atoms with van der Waals surface area (Å²) in [6, 6.07) is 8.58. The Balaban J connectivity index is 1.81. The number of fused-ring (bicyclic) bond motifs is 2. The third-order valence-corrected chi connectivity index (χ3v) is 4.33. The lowest BCUT2D eigenvalue weighted by atomic mass is 9.83. The first kappa shape index (κ1) is 9.41. The molecule has 0 amide bonds. The van der Waals surface area contributed by atoms with Gasteiger partial charge in [0.05, 0.1) is 6.61 Å². The fourth-order valence-corrected chi connectivity index (χ4v) is 3.52. The minimum Gasteiger partial charge on any atom is -0.392 e. The van der Waals surface area contributed by atoms with Crippen molar-refractivity contribution in [2.45, 2.75) is 38.2 Å². The maximum atomic E-state index is 9.00. The van der Waals surface area contributed by atoms with Gasteiger partial charge < -0.3 is 5.11 Å². The normalized spacial score (nSPS) is 33.5. The summed E-state index contributed by atoms with van der Waals surface area (Å²) in [6.07, 6.45) is 5.78. The Hall–Kier alpha value is -0.820. The van der Waals surface area contributed by atoms with Gasteiger partial charge in [-0.2, -0.15) is 0 Å². The largest absolute Gasteiger partial charge is 0.392 e. The molecular formula is C14H18O. The molecule has 2 fully saturated rings. The first-order chi connectivity index (χ1) is 7.36. The van der Waals surface area contributed by atoms with Crippen molar-refractivity contribution in [1.82, 2.24) is 0 Å². The molecule has 1 N–H and O–H groups in total. The van der Waals surface area contributed by atoms with E-state index < -0.39 is 0 Å². The van der Waals surface area contributed by atoms with Crippen LogP contribution in [0.5, 0.6) is 0 Å². The third kappa shape index (κ3) is 1.59. The molecule has 1 aromatic carbocycles. The van der Waals surface area contributed by atoms with Gasteiger partial charge >= 0.3 is 0 Å². The van der Waals surface area contributed by atoms with E-state index >= 15 is 0 Å². The van der Waals surface area contributed by atoms with E-state index in [1.54, 1.807) is 0 Å². The first-order valence-corrected chi connectivity index (χ1v) is 6.06. The van der Waals surface area contributed by atoms with Gasteiger partial charge in [0.1, 0.15) is 0 Å². The van der Waals surface area contributed by atoms with Crippen molar-refractivity contribution >= 4 is 0 Å². The van der Waals surface area contributed by atoms with Crippen LogP contribution in [0.2, 0.25) is 0 Å². The Labute approximate surface area is 91.1 Å². The summed E-state index contributed by atoms with van der Waals surface area (Å²) in [6.45, 7) is 0.164. The summed E-state index contributed by atoms with van der Waals surface area (Å²) >= 11 is 0. The number of benzene rings is 1. The lowest BCUT2D eigenvalue weighted by molar-refractivity contribution is 0.282. The van der Waals surface area contributed by atoms with E-state index in [0.717, 1.165) is 23.3 Å². The van der Waals surface area contributed by atoms with Crippen LogP contribution in [0.15, 0.2) is 24.3 Å². The Morgan fingerprint density at radius 3 is 2.40 bits per heavy atom. The second-order valence-electron chi connectivity index (χ2n) is 5.18. The standard InChI is InChI=1S/C14H18O/c15-9-10-1-4-12(5-2-10)14-8-11-3-6-13(14)7-11/h1-2,4-5,11,13-15H,3,6-9H2/t11-,13+,14-/m1/s1. The molecule has 0 saturated heterocycles. The summed E-state index contributed by atoms with van der Waals surface area (Å²) in [5, 5.41) is 9.00. The number of rotatable bonds is 2. The maximum Gasteiger partial charge on any atom is 0.0681 e. The molecule has 3 rings (SSSR count). The summed E-state index contributed by atoms with van der Waals surface area (Å²) in [4.78, 5) is 0. The fourth-order valence-electron chi connectivity index (χ4n) is 3.52. The van der Waals surface area contributed by atoms with E-state index in [0.29, 0.717) is 0 Å². The molecule has 0 aromatic heterocycles. The van der Waals surface area contributed by atoms with Gasteiger partial charge in [0.2, 0.25) is 0 Å². The van der Waals surface area contributed by atoms with Gasteiger partial charge in [-0.15, -0.1) is 0 Å². The third-order valence-electron chi connectivity index (χ3n) is 4.33. The zero-order chi connectivity index (χ0) is 10.3. The van der Waals surface area contributed by atoms with Crippen LogP contribution in [-0.4, -0.2) is 5.11 Å². The van der Waals surface area contributed by atoms with Gasteiger partial charge in [0.25, 0.3) is 0 Å². The van der Waals surface area contributed by atoms with Crippen molar-refractivity contribution in [2.24, 2.45) is 11.8 Å². The highest BCUT2D eigenvalue weighted by atomic mass is 16.3. The van der Waals surface area contributed by atoms with E-state index in [1.165, 1.54) is 31.2 Å². The van der Waals surface area contributed by atoms with Crippen molar-refractivity contribution in [3.05, 3.63) is 35.4 Å². The van der Waals surface area contributed by atoms with Gasteiger partial charge in [0.15, 0.2) is 0 Å². The first-order valence-electron chi connectivity index (χ1n) is 6.06. The smallest absolute Gasteiger partial charge is 0.0681 e. The molecule has 2 aliphatic carbocycles. The van der Waals surface area contributed by atoms with Crippen LogP contribution in [0.1, 0.15) is 42.7 Å². The van der Waals surface area contributed by atoms with Crippen molar-refractivity contribution in [3.8, 4) is 0 Å². The van der Waals surface area contributed by atoms with Crippen LogP contribution in [0.3, 0.4) is 0 Å². The average molecular weight is 202 g/mol. The molecular weight excluding hydrogens is 184 g/mol. The zero-order valence-corrected chi connectivity index (χ0v) is 9.02. The Morgan fingerprint density at radius 1 is 1.07 bits per heavy atom. The van der Waals surface area contributed by atoms with Gasteiger partial charge in [-0.1, -0.05) is 30.7 Å². The van der Waals surface area contributed by atoms with Gasteiger partial charge in [-0.05, 0) is 48.1 Å². The summed E-state index contributed by atoms with van der Waals surface area (Å²) in [5.41, 5.74) is 2.53. The SMILES string of the molecule is OCc1ccc([C@H]2C[C@@H]3CC[C@H]2C3)cc1. The Morgan fingerprint density at radius 2 is 1.87 bits per heavy atom. The summed E-state index contributed by atoms with van der Waals surface area (Å²) < 4.78 is 0. The van der Waals surface area contributed by atoms with Crippen LogP contribution in [0.25, 0.3) is 0 Å². The van der Waals surface area contributed by atoms with E-state index in [4.69, 9.17) is 5.11 Å². The summed E-state index contributed by atoms with van der Waals surface area (Å²) in [5.74, 6) is 2.78. The molecule has 0 radical (unpaired) electrons. The summed E-state index contributed by atoms with van der Waals surface area (Å²) in [7, 11) is 0.